The van der Waals surface area contributed by atoms with Crippen LogP contribution in [0, 0.1) is 0 Å². The third-order valence-electron chi connectivity index (χ3n) is 4.44. The van der Waals surface area contributed by atoms with Crippen molar-refractivity contribution in [2.45, 2.75) is 44.8 Å². The number of hydrogen-bond donors (Lipinski definition) is 3. The molecule has 0 spiro atoms. The lowest BCUT2D eigenvalue weighted by atomic mass is 10.0. The largest absolute Gasteiger partial charge is 0.444 e. The third-order valence-corrected chi connectivity index (χ3v) is 4.44. The monoisotopic (exact) mass is 342 g/mol. The number of nitrogens with one attached hydrogen (secondary N) is 2. The fourth-order valence-corrected chi connectivity index (χ4v) is 3.05. The molecule has 1 aromatic heterocycles. The van der Waals surface area contributed by atoms with Gasteiger partial charge in [-0.05, 0) is 31.9 Å². The van der Waals surface area contributed by atoms with Crippen LogP contribution >= 0.6 is 0 Å². The van der Waals surface area contributed by atoms with Crippen molar-refractivity contribution in [2.24, 2.45) is 4.99 Å². The molecule has 6 heteroatoms. The second-order valence-corrected chi connectivity index (χ2v) is 6.49. The van der Waals surface area contributed by atoms with Gasteiger partial charge in [0.05, 0.1) is 12.1 Å². The fraction of sp³-hybridized carbons (Fsp3) is 0.474. The van der Waals surface area contributed by atoms with Crippen molar-refractivity contribution in [1.29, 1.82) is 0 Å². The predicted molar refractivity (Wildman–Crippen MR) is 98.2 cm³/mol. The van der Waals surface area contributed by atoms with Gasteiger partial charge in [-0.3, -0.25) is 0 Å². The first kappa shape index (κ1) is 17.5. The highest BCUT2D eigenvalue weighted by molar-refractivity contribution is 5.79. The summed E-state index contributed by atoms with van der Waals surface area (Å²) in [6.07, 6.45) is 5.52. The van der Waals surface area contributed by atoms with E-state index >= 15 is 0 Å². The molecule has 3 N–H and O–H groups in total. The van der Waals surface area contributed by atoms with Gasteiger partial charge in [-0.15, -0.1) is 0 Å². The van der Waals surface area contributed by atoms with Crippen LogP contribution in [0.25, 0.3) is 11.5 Å². The molecule has 1 saturated carbocycles. The van der Waals surface area contributed by atoms with E-state index in [1.807, 2.05) is 37.3 Å². The van der Waals surface area contributed by atoms with Crippen LogP contribution in [0.3, 0.4) is 0 Å². The summed E-state index contributed by atoms with van der Waals surface area (Å²) in [5.41, 5.74) is 1.12. The third kappa shape index (κ3) is 4.82. The number of nitrogens with zero attached hydrogens (tertiary/aromatic N) is 2. The van der Waals surface area contributed by atoms with E-state index in [-0.39, 0.29) is 0 Å². The molecule has 1 heterocycles. The zero-order valence-electron chi connectivity index (χ0n) is 14.7. The van der Waals surface area contributed by atoms with Crippen molar-refractivity contribution in [1.82, 2.24) is 15.6 Å². The lowest BCUT2D eigenvalue weighted by Crippen LogP contribution is -2.46. The van der Waals surface area contributed by atoms with Gasteiger partial charge >= 0.3 is 0 Å². The summed E-state index contributed by atoms with van der Waals surface area (Å²) in [7, 11) is 0. The molecule has 1 aliphatic rings. The second kappa shape index (κ2) is 8.16. The number of oxazole rings is 1. The van der Waals surface area contributed by atoms with Crippen molar-refractivity contribution >= 4 is 5.96 Å². The molecule has 25 heavy (non-hydrogen) atoms. The first-order chi connectivity index (χ1) is 12.2. The van der Waals surface area contributed by atoms with Crippen molar-refractivity contribution in [2.75, 3.05) is 13.1 Å². The van der Waals surface area contributed by atoms with Gasteiger partial charge in [0.25, 0.3) is 0 Å². The molecule has 134 valence electrons. The van der Waals surface area contributed by atoms with Crippen LogP contribution in [0.2, 0.25) is 0 Å². The number of hydrogen-bond acceptors (Lipinski definition) is 4. The lowest BCUT2D eigenvalue weighted by molar-refractivity contribution is 0.0522. The molecule has 1 fully saturated rings. The van der Waals surface area contributed by atoms with Crippen molar-refractivity contribution in [3.05, 3.63) is 42.3 Å². The highest BCUT2D eigenvalue weighted by Crippen LogP contribution is 2.28. The first-order valence-electron chi connectivity index (χ1n) is 8.93. The number of benzene rings is 1. The van der Waals surface area contributed by atoms with Gasteiger partial charge in [0.15, 0.2) is 5.96 Å². The second-order valence-electron chi connectivity index (χ2n) is 6.49. The summed E-state index contributed by atoms with van der Waals surface area (Å²) >= 11 is 0. The van der Waals surface area contributed by atoms with Gasteiger partial charge in [0, 0.05) is 18.7 Å². The Balaban J connectivity index is 1.60. The quantitative estimate of drug-likeness (QED) is 0.555. The van der Waals surface area contributed by atoms with Gasteiger partial charge < -0.3 is 20.2 Å². The average Bonchev–Trinajstić information content (AvgIpc) is 3.28. The molecule has 3 rings (SSSR count). The maximum atomic E-state index is 10.5. The lowest BCUT2D eigenvalue weighted by Gasteiger charge is -2.23. The van der Waals surface area contributed by atoms with Crippen molar-refractivity contribution in [3.63, 3.8) is 0 Å². The van der Waals surface area contributed by atoms with Crippen LogP contribution in [0.5, 0.6) is 0 Å². The van der Waals surface area contributed by atoms with E-state index in [2.05, 4.69) is 20.6 Å². The highest BCUT2D eigenvalue weighted by atomic mass is 16.3. The normalized spacial score (nSPS) is 16.8. The van der Waals surface area contributed by atoms with Gasteiger partial charge in [-0.1, -0.05) is 31.0 Å². The van der Waals surface area contributed by atoms with Gasteiger partial charge in [0.2, 0.25) is 5.89 Å². The van der Waals surface area contributed by atoms with Gasteiger partial charge in [0.1, 0.15) is 12.0 Å². The predicted octanol–water partition coefficient (Wildman–Crippen LogP) is 2.70. The molecule has 0 amide bonds. The van der Waals surface area contributed by atoms with Gasteiger partial charge in [-0.2, -0.15) is 0 Å². The Morgan fingerprint density at radius 1 is 1.24 bits per heavy atom. The number of aliphatic hydroxyl groups is 1. The highest BCUT2D eigenvalue weighted by Gasteiger charge is 2.30. The maximum Gasteiger partial charge on any atom is 0.226 e. The molecule has 0 unspecified atom stereocenters. The molecule has 1 aromatic carbocycles. The van der Waals surface area contributed by atoms with Crippen molar-refractivity contribution < 1.29 is 9.52 Å². The Hall–Kier alpha value is -2.34. The topological polar surface area (TPSA) is 82.7 Å². The summed E-state index contributed by atoms with van der Waals surface area (Å²) < 4.78 is 5.54. The maximum absolute atomic E-state index is 10.5. The summed E-state index contributed by atoms with van der Waals surface area (Å²) in [5.74, 6) is 1.29. The summed E-state index contributed by atoms with van der Waals surface area (Å²) in [5, 5.41) is 16.9. The smallest absolute Gasteiger partial charge is 0.226 e. The van der Waals surface area contributed by atoms with E-state index in [0.717, 1.165) is 43.5 Å². The van der Waals surface area contributed by atoms with Gasteiger partial charge in [-0.25, -0.2) is 9.98 Å². The van der Waals surface area contributed by atoms with E-state index in [1.54, 1.807) is 6.26 Å². The van der Waals surface area contributed by atoms with Crippen LogP contribution in [0.4, 0.5) is 0 Å². The molecule has 2 aromatic rings. The molecule has 0 radical (unpaired) electrons. The molecule has 0 aliphatic heterocycles. The van der Waals surface area contributed by atoms with E-state index in [4.69, 9.17) is 4.42 Å². The van der Waals surface area contributed by atoms with E-state index in [0.29, 0.717) is 24.9 Å². The molecular formula is C19H26N4O2. The van der Waals surface area contributed by atoms with E-state index in [1.165, 1.54) is 0 Å². The Morgan fingerprint density at radius 3 is 2.72 bits per heavy atom. The summed E-state index contributed by atoms with van der Waals surface area (Å²) in [4.78, 5) is 9.03. The number of aromatic nitrogens is 1. The van der Waals surface area contributed by atoms with E-state index < -0.39 is 5.60 Å². The average molecular weight is 342 g/mol. The number of rotatable bonds is 6. The minimum Gasteiger partial charge on any atom is -0.444 e. The Kier molecular flexibility index (Phi) is 5.71. The summed E-state index contributed by atoms with van der Waals surface area (Å²) in [6, 6.07) is 9.81. The minimum atomic E-state index is -0.607. The van der Waals surface area contributed by atoms with Crippen LogP contribution < -0.4 is 10.6 Å². The number of guanidine groups is 1. The standard InChI is InChI=1S/C19H26N4O2/c1-2-20-18(22-14-19(24)10-6-7-11-19)21-12-16-13-25-17(23-16)15-8-4-3-5-9-15/h3-5,8-9,13,24H,2,6-7,10-12,14H2,1H3,(H2,20,21,22). The molecular weight excluding hydrogens is 316 g/mol. The van der Waals surface area contributed by atoms with Crippen LogP contribution in [0.15, 0.2) is 46.0 Å². The molecule has 1 aliphatic carbocycles. The zero-order valence-corrected chi connectivity index (χ0v) is 14.7. The first-order valence-corrected chi connectivity index (χ1v) is 8.93. The molecule has 6 nitrogen and oxygen atoms in total. The Morgan fingerprint density at radius 2 is 2.00 bits per heavy atom. The Bertz CT molecular complexity index is 690. The van der Waals surface area contributed by atoms with Crippen molar-refractivity contribution in [3.8, 4) is 11.5 Å². The zero-order chi connectivity index (χ0) is 17.5. The van der Waals surface area contributed by atoms with Crippen LogP contribution in [0.1, 0.15) is 38.3 Å². The molecule has 0 atom stereocenters. The van der Waals surface area contributed by atoms with Crippen LogP contribution in [-0.2, 0) is 6.54 Å². The fourth-order valence-electron chi connectivity index (χ4n) is 3.05. The number of aliphatic imine (C=N–C) groups is 1. The SMILES string of the molecule is CCNC(=NCc1coc(-c2ccccc2)n1)NCC1(O)CCCC1. The summed E-state index contributed by atoms with van der Waals surface area (Å²) in [6.45, 7) is 3.72. The molecule has 0 bridgehead atoms. The Labute approximate surface area is 148 Å². The minimum absolute atomic E-state index is 0.421. The molecule has 0 saturated heterocycles. The van der Waals surface area contributed by atoms with E-state index in [9.17, 15) is 5.11 Å². The van der Waals surface area contributed by atoms with Crippen LogP contribution in [-0.4, -0.2) is 34.7 Å².